The van der Waals surface area contributed by atoms with Crippen molar-refractivity contribution in [1.29, 1.82) is 0 Å². The van der Waals surface area contributed by atoms with Crippen LogP contribution in [0, 0.1) is 0 Å². The van der Waals surface area contributed by atoms with Crippen molar-refractivity contribution < 1.29 is 0 Å². The molecule has 3 radical (unpaired) electrons. The first kappa shape index (κ1) is 12.0. The van der Waals surface area contributed by atoms with Crippen LogP contribution in [0.5, 0.6) is 0 Å². The molecule has 3 N–H and O–H groups in total. The molecule has 7 heteroatoms. The molecule has 0 saturated heterocycles. The number of nitrogens with zero attached hydrogens (tertiary/aromatic N) is 1. The van der Waals surface area contributed by atoms with Crippen molar-refractivity contribution in [2.24, 2.45) is 0 Å². The van der Waals surface area contributed by atoms with E-state index in [1.54, 1.807) is 7.55 Å². The van der Waals surface area contributed by atoms with E-state index in [1.807, 2.05) is 11.8 Å². The van der Waals surface area contributed by atoms with Crippen molar-refractivity contribution in [1.82, 2.24) is 20.3 Å². The molecule has 0 aliphatic rings. The van der Waals surface area contributed by atoms with Crippen LogP contribution in [0.2, 0.25) is 0 Å². The van der Waals surface area contributed by atoms with Gasteiger partial charge in [-0.25, -0.2) is 0 Å². The molecule has 0 aromatic heterocycles. The average Bonchev–Trinajstić information content (AvgIpc) is 2.11. The van der Waals surface area contributed by atoms with Gasteiger partial charge in [0.1, 0.15) is 0 Å². The molecule has 0 saturated carbocycles. The molecule has 0 fully saturated rings. The Balaban J connectivity index is 3.84. The molecule has 65 valence electrons. The van der Waals surface area contributed by atoms with E-state index in [-0.39, 0.29) is 7.12 Å². The SMILES string of the molecule is [B]N[B]N(CC)B(NC)NCC. The van der Waals surface area contributed by atoms with E-state index in [4.69, 9.17) is 7.98 Å². The highest BCUT2D eigenvalue weighted by Gasteiger charge is 2.19. The van der Waals surface area contributed by atoms with E-state index in [2.05, 4.69) is 29.4 Å². The lowest BCUT2D eigenvalue weighted by Crippen LogP contribution is -2.61. The Bertz CT molecular complexity index is 92.7. The molecule has 0 bridgehead atoms. The molecule has 0 spiro atoms. The van der Waals surface area contributed by atoms with Gasteiger partial charge in [-0.2, -0.15) is 0 Å². The minimum atomic E-state index is 0.135. The van der Waals surface area contributed by atoms with E-state index in [1.165, 1.54) is 0 Å². The van der Waals surface area contributed by atoms with Crippen molar-refractivity contribution >= 4 is 22.6 Å². The van der Waals surface area contributed by atoms with Gasteiger partial charge in [-0.05, 0) is 20.1 Å². The lowest BCUT2D eigenvalue weighted by molar-refractivity contribution is 0.645. The minimum absolute atomic E-state index is 0.135. The standard InChI is InChI=1S/C5H16B3N4/c1-4-10-8(9-3)12(5-2)7-11-6/h9-11H,4-5H2,1-3H3. The number of rotatable bonds is 7. The van der Waals surface area contributed by atoms with Crippen LogP contribution in [-0.4, -0.2) is 47.5 Å². The van der Waals surface area contributed by atoms with Crippen LogP contribution in [-0.2, 0) is 0 Å². The topological polar surface area (TPSA) is 39.3 Å². The van der Waals surface area contributed by atoms with Gasteiger partial charge in [0.25, 0.3) is 7.55 Å². The molecule has 0 heterocycles. The highest BCUT2D eigenvalue weighted by molar-refractivity contribution is 6.61. The third-order valence-electron chi connectivity index (χ3n) is 1.61. The van der Waals surface area contributed by atoms with Crippen LogP contribution in [0.25, 0.3) is 0 Å². The summed E-state index contributed by atoms with van der Waals surface area (Å²) >= 11 is 0. The number of hydrogen-bond acceptors (Lipinski definition) is 4. The Hall–Kier alpha value is 0.0348. The fraction of sp³-hybridized carbons (Fsp3) is 1.00. The summed E-state index contributed by atoms with van der Waals surface area (Å²) in [4.78, 5) is 0. The monoisotopic (exact) mass is 165 g/mol. The Kier molecular flexibility index (Phi) is 7.69. The van der Waals surface area contributed by atoms with Crippen LogP contribution in [0.1, 0.15) is 13.8 Å². The van der Waals surface area contributed by atoms with Gasteiger partial charge in [0.15, 0.2) is 7.98 Å². The average molecular weight is 165 g/mol. The van der Waals surface area contributed by atoms with Gasteiger partial charge in [-0.15, -0.1) is 0 Å². The molecule has 0 aliphatic carbocycles. The van der Waals surface area contributed by atoms with Crippen LogP contribution in [0.3, 0.4) is 0 Å². The van der Waals surface area contributed by atoms with E-state index in [0.717, 1.165) is 13.1 Å². The largest absolute Gasteiger partial charge is 0.398 e. The molecule has 0 atom stereocenters. The predicted octanol–water partition coefficient (Wildman–Crippen LogP) is -1.67. The summed E-state index contributed by atoms with van der Waals surface area (Å²) in [5.74, 6) is 0. The molecule has 12 heavy (non-hydrogen) atoms. The summed E-state index contributed by atoms with van der Waals surface area (Å²) in [6, 6.07) is 0. The molecule has 0 aliphatic heterocycles. The molecular weight excluding hydrogens is 149 g/mol. The Morgan fingerprint density at radius 3 is 2.50 bits per heavy atom. The lowest BCUT2D eigenvalue weighted by atomic mass is 9.81. The van der Waals surface area contributed by atoms with Crippen molar-refractivity contribution in [2.75, 3.05) is 20.1 Å². The van der Waals surface area contributed by atoms with Gasteiger partial charge >= 0.3 is 7.12 Å². The summed E-state index contributed by atoms with van der Waals surface area (Å²) in [5.41, 5.74) is 0. The van der Waals surface area contributed by atoms with Gasteiger partial charge in [-0.1, -0.05) is 13.8 Å². The van der Waals surface area contributed by atoms with E-state index >= 15 is 0 Å². The lowest BCUT2D eigenvalue weighted by Gasteiger charge is -2.26. The summed E-state index contributed by atoms with van der Waals surface area (Å²) < 4.78 is 2.03. The maximum absolute atomic E-state index is 5.19. The first-order valence-electron chi connectivity index (χ1n) is 4.26. The highest BCUT2D eigenvalue weighted by atomic mass is 15.2. The minimum Gasteiger partial charge on any atom is -0.398 e. The third kappa shape index (κ3) is 4.16. The molecule has 0 amide bonds. The fourth-order valence-electron chi connectivity index (χ4n) is 1.02. The number of nitrogens with one attached hydrogen (secondary N) is 3. The van der Waals surface area contributed by atoms with Crippen molar-refractivity contribution in [2.45, 2.75) is 13.8 Å². The van der Waals surface area contributed by atoms with Crippen molar-refractivity contribution in [3.8, 4) is 0 Å². The second kappa shape index (κ2) is 7.67. The van der Waals surface area contributed by atoms with Gasteiger partial charge in [0.05, 0.1) is 0 Å². The summed E-state index contributed by atoms with van der Waals surface area (Å²) in [7, 11) is 8.97. The second-order valence-corrected chi connectivity index (χ2v) is 2.38. The molecule has 0 aromatic rings. The van der Waals surface area contributed by atoms with Gasteiger partial charge in [-0.3, -0.25) is 0 Å². The quantitative estimate of drug-likeness (QED) is 0.394. The zero-order valence-electron chi connectivity index (χ0n) is 8.09. The van der Waals surface area contributed by atoms with E-state index < -0.39 is 0 Å². The smallest absolute Gasteiger partial charge is 0.386 e. The predicted molar refractivity (Wildman–Crippen MR) is 55.5 cm³/mol. The van der Waals surface area contributed by atoms with E-state index in [0.29, 0.717) is 0 Å². The van der Waals surface area contributed by atoms with E-state index in [9.17, 15) is 0 Å². The summed E-state index contributed by atoms with van der Waals surface area (Å²) in [6.07, 6.45) is 0. The van der Waals surface area contributed by atoms with Crippen LogP contribution < -0.4 is 15.6 Å². The third-order valence-corrected chi connectivity index (χ3v) is 1.61. The van der Waals surface area contributed by atoms with Crippen molar-refractivity contribution in [3.05, 3.63) is 0 Å². The van der Waals surface area contributed by atoms with Gasteiger partial charge in [0.2, 0.25) is 0 Å². The fourth-order valence-corrected chi connectivity index (χ4v) is 1.02. The first-order valence-corrected chi connectivity index (χ1v) is 4.26. The zero-order valence-corrected chi connectivity index (χ0v) is 8.09. The summed E-state index contributed by atoms with van der Waals surface area (Å²) in [6.45, 7) is 5.94. The second-order valence-electron chi connectivity index (χ2n) is 2.38. The maximum Gasteiger partial charge on any atom is 0.386 e. The van der Waals surface area contributed by atoms with Crippen molar-refractivity contribution in [3.63, 3.8) is 0 Å². The van der Waals surface area contributed by atoms with Crippen LogP contribution >= 0.6 is 0 Å². The normalized spacial score (nSPS) is 10.3. The first-order chi connectivity index (χ1) is 5.79. The van der Waals surface area contributed by atoms with Gasteiger partial charge < -0.3 is 20.3 Å². The Morgan fingerprint density at radius 1 is 1.50 bits per heavy atom. The Morgan fingerprint density at radius 2 is 2.17 bits per heavy atom. The zero-order chi connectivity index (χ0) is 9.40. The van der Waals surface area contributed by atoms with Crippen LogP contribution in [0.15, 0.2) is 0 Å². The van der Waals surface area contributed by atoms with Crippen LogP contribution in [0.4, 0.5) is 0 Å². The summed E-state index contributed by atoms with van der Waals surface area (Å²) in [5, 5.41) is 8.90. The highest BCUT2D eigenvalue weighted by Crippen LogP contribution is 1.83. The number of hydrogen-bond donors (Lipinski definition) is 3. The molecule has 0 aromatic carbocycles. The van der Waals surface area contributed by atoms with Gasteiger partial charge in [0, 0.05) is 0 Å². The maximum atomic E-state index is 5.19. The molecule has 0 rings (SSSR count). The molecule has 0 unspecified atom stereocenters. The Labute approximate surface area is 77.7 Å². The molecule has 4 nitrogen and oxygen atoms in total. The molecular formula is C5H16B3N4.